The Bertz CT molecular complexity index is 816. The van der Waals surface area contributed by atoms with Crippen LogP contribution in [0.1, 0.15) is 44.6 Å². The fourth-order valence-corrected chi connectivity index (χ4v) is 3.01. The van der Waals surface area contributed by atoms with E-state index in [1.807, 2.05) is 52.0 Å². The van der Waals surface area contributed by atoms with E-state index >= 15 is 0 Å². The van der Waals surface area contributed by atoms with Crippen LogP contribution in [0.3, 0.4) is 0 Å². The van der Waals surface area contributed by atoms with Crippen molar-refractivity contribution in [2.45, 2.75) is 52.9 Å². The van der Waals surface area contributed by atoms with Crippen LogP contribution in [0, 0.1) is 0 Å². The average Bonchev–Trinajstić information content (AvgIpc) is 3.16. The minimum Gasteiger partial charge on any atom is -0.468 e. The third-order valence-electron chi connectivity index (χ3n) is 4.25. The molecule has 0 atom stereocenters. The lowest BCUT2D eigenvalue weighted by atomic mass is 10.1. The Labute approximate surface area is 203 Å². The van der Waals surface area contributed by atoms with E-state index in [9.17, 15) is 4.79 Å². The summed E-state index contributed by atoms with van der Waals surface area (Å²) in [6.45, 7) is 10.9. The lowest BCUT2D eigenvalue weighted by molar-refractivity contribution is -0.121. The summed E-state index contributed by atoms with van der Waals surface area (Å²) in [6, 6.07) is 12.2. The van der Waals surface area contributed by atoms with Crippen LogP contribution in [0.4, 0.5) is 0 Å². The molecule has 2 rings (SSSR count). The van der Waals surface area contributed by atoms with Crippen molar-refractivity contribution < 1.29 is 9.21 Å². The monoisotopic (exact) mass is 541 g/mol. The number of benzene rings is 1. The summed E-state index contributed by atoms with van der Waals surface area (Å²) in [5.74, 6) is 1.51. The molecule has 2 aromatic rings. The van der Waals surface area contributed by atoms with Crippen molar-refractivity contribution >= 4 is 35.8 Å². The van der Waals surface area contributed by atoms with Crippen LogP contribution in [0.5, 0.6) is 0 Å². The summed E-state index contributed by atoms with van der Waals surface area (Å²) in [6.07, 6.45) is 1.70. The van der Waals surface area contributed by atoms with E-state index in [1.165, 1.54) is 5.56 Å². The number of amides is 1. The molecule has 0 fully saturated rings. The molecule has 0 saturated heterocycles. The average molecular weight is 541 g/mol. The predicted octanol–water partition coefficient (Wildman–Crippen LogP) is 3.50. The quantitative estimate of drug-likeness (QED) is 0.257. The Morgan fingerprint density at radius 1 is 1.06 bits per heavy atom. The van der Waals surface area contributed by atoms with E-state index in [0.29, 0.717) is 12.5 Å². The number of nitrogens with one attached hydrogen (secondary N) is 3. The molecule has 1 aromatic carbocycles. The van der Waals surface area contributed by atoms with E-state index in [-0.39, 0.29) is 42.0 Å². The van der Waals surface area contributed by atoms with Gasteiger partial charge >= 0.3 is 0 Å². The lowest BCUT2D eigenvalue weighted by Gasteiger charge is -2.21. The molecule has 0 aliphatic heterocycles. The first-order chi connectivity index (χ1) is 14.3. The first-order valence-electron chi connectivity index (χ1n) is 10.4. The number of carbonyl (C=O) groups is 1. The molecule has 31 heavy (non-hydrogen) atoms. The molecular formula is C23H36IN5O2. The van der Waals surface area contributed by atoms with Crippen LogP contribution in [0.2, 0.25) is 0 Å². The molecule has 0 bridgehead atoms. The second-order valence-electron chi connectivity index (χ2n) is 8.37. The van der Waals surface area contributed by atoms with E-state index in [1.54, 1.807) is 6.26 Å². The minimum absolute atomic E-state index is 0. The second-order valence-corrected chi connectivity index (χ2v) is 8.37. The van der Waals surface area contributed by atoms with E-state index < -0.39 is 0 Å². The number of aliphatic imine (C=N–C) groups is 1. The third kappa shape index (κ3) is 10.7. The van der Waals surface area contributed by atoms with Crippen molar-refractivity contribution in [3.8, 4) is 0 Å². The molecule has 3 N–H and O–H groups in total. The molecule has 0 unspecified atom stereocenters. The zero-order chi connectivity index (χ0) is 22.0. The highest BCUT2D eigenvalue weighted by Gasteiger charge is 2.14. The Morgan fingerprint density at radius 3 is 2.39 bits per heavy atom. The van der Waals surface area contributed by atoms with Gasteiger partial charge in [-0.1, -0.05) is 24.3 Å². The fraction of sp³-hybridized carbons (Fsp3) is 0.478. The summed E-state index contributed by atoms with van der Waals surface area (Å²) in [7, 11) is 2.07. The summed E-state index contributed by atoms with van der Waals surface area (Å²) in [5, 5.41) is 9.25. The van der Waals surface area contributed by atoms with Gasteiger partial charge in [-0.15, -0.1) is 24.0 Å². The van der Waals surface area contributed by atoms with Gasteiger partial charge in [-0.05, 0) is 58.0 Å². The maximum absolute atomic E-state index is 12.1. The first kappa shape index (κ1) is 27.0. The van der Waals surface area contributed by atoms with Crippen LogP contribution in [0.25, 0.3) is 0 Å². The number of halogens is 1. The lowest BCUT2D eigenvalue weighted by Crippen LogP contribution is -2.48. The number of guanidine groups is 1. The van der Waals surface area contributed by atoms with Crippen molar-refractivity contribution in [2.24, 2.45) is 4.99 Å². The largest absolute Gasteiger partial charge is 0.468 e. The van der Waals surface area contributed by atoms with Crippen LogP contribution in [-0.2, 0) is 24.4 Å². The molecule has 0 saturated carbocycles. The topological polar surface area (TPSA) is 81.9 Å². The molecule has 1 heterocycles. The zero-order valence-electron chi connectivity index (χ0n) is 19.2. The molecule has 0 radical (unpaired) electrons. The minimum atomic E-state index is -0.255. The fourth-order valence-electron chi connectivity index (χ4n) is 3.01. The molecule has 172 valence electrons. The van der Waals surface area contributed by atoms with Crippen LogP contribution < -0.4 is 16.0 Å². The Hall–Kier alpha value is -2.07. The van der Waals surface area contributed by atoms with Gasteiger partial charge in [0, 0.05) is 18.6 Å². The van der Waals surface area contributed by atoms with Crippen LogP contribution in [-0.4, -0.2) is 42.4 Å². The molecule has 8 heteroatoms. The number of nitrogens with zero attached hydrogens (tertiary/aromatic N) is 2. The van der Waals surface area contributed by atoms with E-state index in [2.05, 4.69) is 45.0 Å². The molecule has 0 spiro atoms. The van der Waals surface area contributed by atoms with Gasteiger partial charge in [-0.25, -0.2) is 4.99 Å². The number of rotatable bonds is 9. The van der Waals surface area contributed by atoms with Gasteiger partial charge in [0.2, 0.25) is 5.91 Å². The van der Waals surface area contributed by atoms with Crippen LogP contribution in [0.15, 0.2) is 52.1 Å². The SMILES string of the molecule is CCNC(=NCc1ccccc1CN(C)Cc1ccco1)NCC(=O)NC(C)(C)C.I. The van der Waals surface area contributed by atoms with Crippen molar-refractivity contribution in [3.05, 3.63) is 59.5 Å². The molecule has 0 aliphatic rings. The zero-order valence-corrected chi connectivity index (χ0v) is 21.5. The maximum atomic E-state index is 12.1. The number of hydrogen-bond donors (Lipinski definition) is 3. The number of furan rings is 1. The second kappa shape index (κ2) is 13.4. The highest BCUT2D eigenvalue weighted by atomic mass is 127. The summed E-state index contributed by atoms with van der Waals surface area (Å²) >= 11 is 0. The molecule has 7 nitrogen and oxygen atoms in total. The molecular weight excluding hydrogens is 505 g/mol. The predicted molar refractivity (Wildman–Crippen MR) is 136 cm³/mol. The smallest absolute Gasteiger partial charge is 0.239 e. The van der Waals surface area contributed by atoms with Gasteiger partial charge < -0.3 is 20.4 Å². The Kier molecular flexibility index (Phi) is 11.6. The summed E-state index contributed by atoms with van der Waals surface area (Å²) < 4.78 is 5.44. The Balaban J connectivity index is 0.00000480. The van der Waals surface area contributed by atoms with Crippen molar-refractivity contribution in [3.63, 3.8) is 0 Å². The van der Waals surface area contributed by atoms with Crippen molar-refractivity contribution in [1.82, 2.24) is 20.9 Å². The van der Waals surface area contributed by atoms with Crippen molar-refractivity contribution in [2.75, 3.05) is 20.1 Å². The van der Waals surface area contributed by atoms with E-state index in [0.717, 1.165) is 31.0 Å². The highest BCUT2D eigenvalue weighted by molar-refractivity contribution is 14.0. The maximum Gasteiger partial charge on any atom is 0.239 e. The summed E-state index contributed by atoms with van der Waals surface area (Å²) in [5.41, 5.74) is 2.12. The highest BCUT2D eigenvalue weighted by Crippen LogP contribution is 2.14. The number of hydrogen-bond acceptors (Lipinski definition) is 4. The van der Waals surface area contributed by atoms with Crippen molar-refractivity contribution in [1.29, 1.82) is 0 Å². The van der Waals surface area contributed by atoms with E-state index in [4.69, 9.17) is 4.42 Å². The Morgan fingerprint density at radius 2 is 1.77 bits per heavy atom. The molecule has 0 aliphatic carbocycles. The first-order valence-corrected chi connectivity index (χ1v) is 10.4. The third-order valence-corrected chi connectivity index (χ3v) is 4.25. The summed E-state index contributed by atoms with van der Waals surface area (Å²) in [4.78, 5) is 19.0. The standard InChI is InChI=1S/C23H35N5O2.HI/c1-6-24-22(26-15-21(29)27-23(2,3)4)25-14-18-10-7-8-11-19(18)16-28(5)17-20-12-9-13-30-20;/h7-13H,6,14-17H2,1-5H3,(H,27,29)(H2,24,25,26);1H. The molecule has 1 aromatic heterocycles. The van der Waals surface area contributed by atoms with Gasteiger partial charge in [0.15, 0.2) is 5.96 Å². The normalized spacial score (nSPS) is 11.7. The van der Waals surface area contributed by atoms with Gasteiger partial charge in [0.25, 0.3) is 0 Å². The molecule has 1 amide bonds. The van der Waals surface area contributed by atoms with Gasteiger partial charge in [-0.2, -0.15) is 0 Å². The van der Waals surface area contributed by atoms with Gasteiger partial charge in [0.05, 0.1) is 25.9 Å². The van der Waals surface area contributed by atoms with Gasteiger partial charge in [-0.3, -0.25) is 9.69 Å². The van der Waals surface area contributed by atoms with Gasteiger partial charge in [0.1, 0.15) is 5.76 Å². The number of carbonyl (C=O) groups excluding carboxylic acids is 1. The van der Waals surface area contributed by atoms with Crippen LogP contribution >= 0.6 is 24.0 Å².